The zero-order valence-corrected chi connectivity index (χ0v) is 13.5. The highest BCUT2D eigenvalue weighted by Gasteiger charge is 2.40. The largest absolute Gasteiger partial charge is 0.480 e. The van der Waals surface area contributed by atoms with Crippen LogP contribution in [0.3, 0.4) is 0 Å². The fourth-order valence-electron chi connectivity index (χ4n) is 2.13. The summed E-state index contributed by atoms with van der Waals surface area (Å²) in [5.74, 6) is -6.01. The molecule has 25 heavy (non-hydrogen) atoms. The molecule has 1 aromatic rings. The lowest BCUT2D eigenvalue weighted by atomic mass is 9.93. The lowest BCUT2D eigenvalue weighted by Crippen LogP contribution is -2.45. The van der Waals surface area contributed by atoms with Crippen LogP contribution < -0.4 is 5.32 Å². The number of rotatable bonds is 8. The van der Waals surface area contributed by atoms with Crippen LogP contribution in [0.15, 0.2) is 30.3 Å². The summed E-state index contributed by atoms with van der Waals surface area (Å²) in [7, 11) is -4.69. The third-order valence-electron chi connectivity index (χ3n) is 3.27. The smallest absolute Gasteiger partial charge is 0.395 e. The van der Waals surface area contributed by atoms with E-state index in [0.717, 1.165) is 0 Å². The van der Waals surface area contributed by atoms with E-state index >= 15 is 0 Å². The van der Waals surface area contributed by atoms with E-state index in [1.165, 1.54) is 30.3 Å². The van der Waals surface area contributed by atoms with Crippen LogP contribution in [-0.4, -0.2) is 47.9 Å². The summed E-state index contributed by atoms with van der Waals surface area (Å²) in [4.78, 5) is 22.5. The number of alkyl halides is 3. The normalized spacial score (nSPS) is 14.6. The van der Waals surface area contributed by atoms with Gasteiger partial charge in [-0.1, -0.05) is 30.3 Å². The highest BCUT2D eigenvalue weighted by molar-refractivity contribution is 7.85. The van der Waals surface area contributed by atoms with Crippen molar-refractivity contribution < 1.29 is 40.8 Å². The minimum absolute atomic E-state index is 0.0458. The van der Waals surface area contributed by atoms with Gasteiger partial charge in [-0.05, 0) is 12.0 Å². The average molecular weight is 383 g/mol. The quantitative estimate of drug-likeness (QED) is 0.586. The molecular weight excluding hydrogens is 367 g/mol. The third kappa shape index (κ3) is 7.52. The molecule has 0 aliphatic carbocycles. The molecule has 1 unspecified atom stereocenters. The predicted molar refractivity (Wildman–Crippen MR) is 80.5 cm³/mol. The summed E-state index contributed by atoms with van der Waals surface area (Å²) >= 11 is 0. The van der Waals surface area contributed by atoms with Crippen LogP contribution in [0.1, 0.15) is 24.3 Å². The average Bonchev–Trinajstić information content (AvgIpc) is 2.45. The number of benzene rings is 1. The van der Waals surface area contributed by atoms with Crippen molar-refractivity contribution in [2.24, 2.45) is 0 Å². The fourth-order valence-corrected chi connectivity index (χ4v) is 2.78. The summed E-state index contributed by atoms with van der Waals surface area (Å²) in [6, 6.07) is 4.93. The number of hydrogen-bond donors (Lipinski definition) is 3. The molecule has 1 amide bonds. The third-order valence-corrected chi connectivity index (χ3v) is 4.02. The van der Waals surface area contributed by atoms with E-state index in [-0.39, 0.29) is 5.56 Å². The Morgan fingerprint density at radius 3 is 2.16 bits per heavy atom. The van der Waals surface area contributed by atoms with Gasteiger partial charge in [0, 0.05) is 6.42 Å². The van der Waals surface area contributed by atoms with Crippen molar-refractivity contribution in [2.45, 2.75) is 31.0 Å². The van der Waals surface area contributed by atoms with Crippen molar-refractivity contribution in [3.8, 4) is 0 Å². The standard InChI is InChI=1S/C14H16F3NO6S/c15-14(16,17)10(9-4-2-1-3-5-9)6-7-12(19)18-11(13(20)21)8-25(22,23)24/h1-5,10-11H,6-8H2,(H,18,19)(H,20,21)(H,22,23,24)/t10?,11-/m0/s1. The van der Waals surface area contributed by atoms with Gasteiger partial charge in [0.1, 0.15) is 11.8 Å². The second-order valence-electron chi connectivity index (χ2n) is 5.25. The molecule has 0 aromatic heterocycles. The van der Waals surface area contributed by atoms with E-state index in [1.807, 2.05) is 0 Å². The van der Waals surface area contributed by atoms with Gasteiger partial charge in [0.2, 0.25) is 5.91 Å². The second-order valence-corrected chi connectivity index (χ2v) is 6.75. The Kier molecular flexibility index (Phi) is 6.94. The van der Waals surface area contributed by atoms with Crippen LogP contribution >= 0.6 is 0 Å². The number of carboxylic acid groups (broad SMARTS) is 1. The minimum atomic E-state index is -4.69. The first-order valence-electron chi connectivity index (χ1n) is 6.99. The highest BCUT2D eigenvalue weighted by Crippen LogP contribution is 2.38. The molecule has 0 aliphatic rings. The van der Waals surface area contributed by atoms with E-state index < -0.39 is 58.7 Å². The van der Waals surface area contributed by atoms with Crippen molar-refractivity contribution >= 4 is 22.0 Å². The molecule has 7 nitrogen and oxygen atoms in total. The van der Waals surface area contributed by atoms with Gasteiger partial charge in [0.15, 0.2) is 0 Å². The molecule has 11 heteroatoms. The molecule has 0 spiro atoms. The molecule has 140 valence electrons. The zero-order valence-electron chi connectivity index (χ0n) is 12.7. The summed E-state index contributed by atoms with van der Waals surface area (Å²) < 4.78 is 69.4. The van der Waals surface area contributed by atoms with Gasteiger partial charge in [-0.3, -0.25) is 9.35 Å². The number of nitrogens with one attached hydrogen (secondary N) is 1. The van der Waals surface area contributed by atoms with E-state index in [4.69, 9.17) is 9.66 Å². The maximum absolute atomic E-state index is 13.1. The van der Waals surface area contributed by atoms with Gasteiger partial charge in [-0.25, -0.2) is 4.79 Å². The monoisotopic (exact) mass is 383 g/mol. The maximum Gasteiger partial charge on any atom is 0.395 e. The van der Waals surface area contributed by atoms with Crippen molar-refractivity contribution in [1.82, 2.24) is 5.32 Å². The van der Waals surface area contributed by atoms with E-state index in [9.17, 15) is 31.2 Å². The van der Waals surface area contributed by atoms with Gasteiger partial charge < -0.3 is 10.4 Å². The molecule has 0 radical (unpaired) electrons. The predicted octanol–water partition coefficient (Wildman–Crippen LogP) is 1.57. The van der Waals surface area contributed by atoms with Crippen molar-refractivity contribution in [1.29, 1.82) is 0 Å². The van der Waals surface area contributed by atoms with Crippen LogP contribution in [0.25, 0.3) is 0 Å². The van der Waals surface area contributed by atoms with Gasteiger partial charge in [0.05, 0.1) is 5.92 Å². The molecule has 0 saturated heterocycles. The summed E-state index contributed by atoms with van der Waals surface area (Å²) in [6.07, 6.45) is -5.92. The minimum Gasteiger partial charge on any atom is -0.480 e. The van der Waals surface area contributed by atoms with Crippen molar-refractivity contribution in [2.75, 3.05) is 5.75 Å². The number of carbonyl (C=O) groups is 2. The SMILES string of the molecule is O=C(CCC(c1ccccc1)C(F)(F)F)N[C@@H](CS(=O)(=O)O)C(=O)O. The molecule has 1 aromatic carbocycles. The van der Waals surface area contributed by atoms with Crippen LogP contribution in [0, 0.1) is 0 Å². The van der Waals surface area contributed by atoms with Crippen LogP contribution in [0.4, 0.5) is 13.2 Å². The Hall–Kier alpha value is -2.14. The second kappa shape index (κ2) is 8.30. The molecule has 0 saturated carbocycles. The first-order valence-corrected chi connectivity index (χ1v) is 8.60. The molecule has 3 N–H and O–H groups in total. The summed E-state index contributed by atoms with van der Waals surface area (Å²) in [5, 5.41) is 10.6. The first-order chi connectivity index (χ1) is 11.4. The number of aliphatic carboxylic acids is 1. The Morgan fingerprint density at radius 2 is 1.72 bits per heavy atom. The molecule has 0 bridgehead atoms. The van der Waals surface area contributed by atoms with Gasteiger partial charge in [-0.15, -0.1) is 0 Å². The number of carbonyl (C=O) groups excluding carboxylic acids is 1. The van der Waals surface area contributed by atoms with Crippen LogP contribution in [0.2, 0.25) is 0 Å². The van der Waals surface area contributed by atoms with E-state index in [1.54, 1.807) is 5.32 Å². The topological polar surface area (TPSA) is 121 Å². The van der Waals surface area contributed by atoms with Crippen molar-refractivity contribution in [3.05, 3.63) is 35.9 Å². The van der Waals surface area contributed by atoms with Crippen LogP contribution in [-0.2, 0) is 19.7 Å². The maximum atomic E-state index is 13.1. The highest BCUT2D eigenvalue weighted by atomic mass is 32.2. The first kappa shape index (κ1) is 20.9. The number of halogens is 3. The van der Waals surface area contributed by atoms with Gasteiger partial charge in [-0.2, -0.15) is 21.6 Å². The molecule has 0 fully saturated rings. The number of hydrogen-bond acceptors (Lipinski definition) is 4. The molecular formula is C14H16F3NO6S. The Morgan fingerprint density at radius 1 is 1.16 bits per heavy atom. The van der Waals surface area contributed by atoms with Gasteiger partial charge in [0.25, 0.3) is 10.1 Å². The summed E-state index contributed by atoms with van der Waals surface area (Å²) in [5.41, 5.74) is -0.0458. The fraction of sp³-hybridized carbons (Fsp3) is 0.429. The Balaban J connectivity index is 2.76. The Bertz CT molecular complexity index is 705. The molecule has 0 heterocycles. The summed E-state index contributed by atoms with van der Waals surface area (Å²) in [6.45, 7) is 0. The lowest BCUT2D eigenvalue weighted by Gasteiger charge is -2.21. The van der Waals surface area contributed by atoms with Crippen LogP contribution in [0.5, 0.6) is 0 Å². The lowest BCUT2D eigenvalue weighted by molar-refractivity contribution is -0.153. The number of amides is 1. The van der Waals surface area contributed by atoms with E-state index in [2.05, 4.69) is 0 Å². The zero-order chi connectivity index (χ0) is 19.3. The van der Waals surface area contributed by atoms with Gasteiger partial charge >= 0.3 is 12.1 Å². The molecule has 2 atom stereocenters. The van der Waals surface area contributed by atoms with E-state index in [0.29, 0.717) is 0 Å². The van der Waals surface area contributed by atoms with Crippen molar-refractivity contribution in [3.63, 3.8) is 0 Å². The molecule has 0 aliphatic heterocycles. The Labute approximate surface area is 141 Å². The number of carboxylic acids is 1. The molecule has 1 rings (SSSR count).